The number of carbonyl (C=O) groups is 2. The van der Waals surface area contributed by atoms with Gasteiger partial charge in [0.2, 0.25) is 6.10 Å². The van der Waals surface area contributed by atoms with Gasteiger partial charge in [-0.3, -0.25) is 14.6 Å². The molecule has 0 bridgehead atoms. The summed E-state index contributed by atoms with van der Waals surface area (Å²) in [5.41, 5.74) is 1.75. The molecular formula is C22H20N4O4. The molecular weight excluding hydrogens is 384 g/mol. The molecule has 0 aliphatic carbocycles. The summed E-state index contributed by atoms with van der Waals surface area (Å²) >= 11 is 0. The van der Waals surface area contributed by atoms with Gasteiger partial charge in [-0.05, 0) is 24.3 Å². The van der Waals surface area contributed by atoms with Crippen LogP contribution in [-0.4, -0.2) is 70.5 Å². The van der Waals surface area contributed by atoms with Crippen molar-refractivity contribution in [2.24, 2.45) is 0 Å². The van der Waals surface area contributed by atoms with Crippen LogP contribution >= 0.6 is 0 Å². The smallest absolute Gasteiger partial charge is 0.274 e. The SMILES string of the molecule is O=C(c1cnc2ccccc2n1)N1CCN(C(=O)C2COc3ccccc3O2)CC1. The summed E-state index contributed by atoms with van der Waals surface area (Å²) < 4.78 is 11.5. The molecule has 1 fully saturated rings. The average molecular weight is 404 g/mol. The van der Waals surface area contributed by atoms with Crippen LogP contribution in [0.1, 0.15) is 10.5 Å². The second-order valence-electron chi connectivity index (χ2n) is 7.23. The van der Waals surface area contributed by atoms with Crippen LogP contribution in [0.2, 0.25) is 0 Å². The third kappa shape index (κ3) is 3.41. The van der Waals surface area contributed by atoms with Gasteiger partial charge in [-0.2, -0.15) is 0 Å². The molecule has 152 valence electrons. The molecule has 1 saturated heterocycles. The van der Waals surface area contributed by atoms with Crippen molar-refractivity contribution in [2.45, 2.75) is 6.10 Å². The van der Waals surface area contributed by atoms with Gasteiger partial charge in [0.25, 0.3) is 11.8 Å². The highest BCUT2D eigenvalue weighted by Gasteiger charge is 2.33. The number of hydrogen-bond acceptors (Lipinski definition) is 6. The van der Waals surface area contributed by atoms with Crippen LogP contribution in [0.4, 0.5) is 0 Å². The lowest BCUT2D eigenvalue weighted by Gasteiger charge is -2.37. The molecule has 3 heterocycles. The largest absolute Gasteiger partial charge is 0.485 e. The van der Waals surface area contributed by atoms with Crippen molar-refractivity contribution >= 4 is 22.8 Å². The van der Waals surface area contributed by atoms with Crippen LogP contribution in [0, 0.1) is 0 Å². The van der Waals surface area contributed by atoms with Crippen LogP contribution in [0.3, 0.4) is 0 Å². The summed E-state index contributed by atoms with van der Waals surface area (Å²) in [6.07, 6.45) is 0.834. The lowest BCUT2D eigenvalue weighted by Crippen LogP contribution is -2.55. The van der Waals surface area contributed by atoms with E-state index in [2.05, 4.69) is 9.97 Å². The van der Waals surface area contributed by atoms with Gasteiger partial charge in [-0.15, -0.1) is 0 Å². The second kappa shape index (κ2) is 7.62. The molecule has 30 heavy (non-hydrogen) atoms. The third-order valence-corrected chi connectivity index (χ3v) is 5.33. The number of para-hydroxylation sites is 4. The normalized spacial score (nSPS) is 18.3. The van der Waals surface area contributed by atoms with Gasteiger partial charge in [0.1, 0.15) is 12.3 Å². The maximum Gasteiger partial charge on any atom is 0.274 e. The quantitative estimate of drug-likeness (QED) is 0.647. The van der Waals surface area contributed by atoms with E-state index in [0.29, 0.717) is 48.9 Å². The zero-order valence-electron chi connectivity index (χ0n) is 16.2. The number of ether oxygens (including phenoxy) is 2. The third-order valence-electron chi connectivity index (χ3n) is 5.33. The standard InChI is InChI=1S/C22H20N4O4/c27-21(17-13-23-15-5-1-2-6-16(15)24-17)25-9-11-26(12-10-25)22(28)20-14-29-18-7-3-4-8-19(18)30-20/h1-8,13,20H,9-12,14H2. The highest BCUT2D eigenvalue weighted by atomic mass is 16.6. The molecule has 2 amide bonds. The van der Waals surface area contributed by atoms with E-state index in [9.17, 15) is 9.59 Å². The van der Waals surface area contributed by atoms with Crippen molar-refractivity contribution in [3.05, 3.63) is 60.4 Å². The van der Waals surface area contributed by atoms with E-state index in [0.717, 1.165) is 5.52 Å². The summed E-state index contributed by atoms with van der Waals surface area (Å²) in [4.78, 5) is 37.9. The lowest BCUT2D eigenvalue weighted by molar-refractivity contribution is -0.142. The lowest BCUT2D eigenvalue weighted by atomic mass is 10.2. The summed E-state index contributed by atoms with van der Waals surface area (Å²) in [6.45, 7) is 1.92. The Bertz CT molecular complexity index is 1110. The van der Waals surface area contributed by atoms with Gasteiger partial charge in [0.05, 0.1) is 17.2 Å². The number of amides is 2. The molecule has 8 nitrogen and oxygen atoms in total. The topological polar surface area (TPSA) is 84.9 Å². The zero-order chi connectivity index (χ0) is 20.5. The van der Waals surface area contributed by atoms with E-state index in [1.807, 2.05) is 42.5 Å². The van der Waals surface area contributed by atoms with Gasteiger partial charge in [0.15, 0.2) is 11.5 Å². The number of carbonyl (C=O) groups excluding carboxylic acids is 2. The monoisotopic (exact) mass is 404 g/mol. The first kappa shape index (κ1) is 18.4. The van der Waals surface area contributed by atoms with Gasteiger partial charge in [-0.1, -0.05) is 24.3 Å². The number of fused-ring (bicyclic) bond motifs is 2. The molecule has 8 heteroatoms. The highest BCUT2D eigenvalue weighted by Crippen LogP contribution is 2.31. The van der Waals surface area contributed by atoms with E-state index in [4.69, 9.17) is 9.47 Å². The number of rotatable bonds is 2. The van der Waals surface area contributed by atoms with Crippen LogP contribution in [0.15, 0.2) is 54.7 Å². The summed E-state index contributed by atoms with van der Waals surface area (Å²) in [5.74, 6) is 0.924. The second-order valence-corrected chi connectivity index (χ2v) is 7.23. The fourth-order valence-electron chi connectivity index (χ4n) is 3.70. The Kier molecular flexibility index (Phi) is 4.66. The number of nitrogens with zero attached hydrogens (tertiary/aromatic N) is 4. The molecule has 1 aromatic heterocycles. The molecule has 0 saturated carbocycles. The molecule has 2 aromatic carbocycles. The first-order chi connectivity index (χ1) is 14.7. The van der Waals surface area contributed by atoms with Crippen LogP contribution in [0.5, 0.6) is 11.5 Å². The van der Waals surface area contributed by atoms with Gasteiger partial charge in [-0.25, -0.2) is 4.98 Å². The minimum Gasteiger partial charge on any atom is -0.485 e. The van der Waals surface area contributed by atoms with Crippen LogP contribution in [0.25, 0.3) is 11.0 Å². The Balaban J connectivity index is 1.21. The van der Waals surface area contributed by atoms with E-state index in [1.54, 1.807) is 15.9 Å². The van der Waals surface area contributed by atoms with E-state index in [-0.39, 0.29) is 18.4 Å². The molecule has 0 spiro atoms. The summed E-state index contributed by atoms with van der Waals surface area (Å²) in [6, 6.07) is 14.7. The van der Waals surface area contributed by atoms with Crippen molar-refractivity contribution < 1.29 is 19.1 Å². The summed E-state index contributed by atoms with van der Waals surface area (Å²) in [7, 11) is 0. The number of aromatic nitrogens is 2. The number of hydrogen-bond donors (Lipinski definition) is 0. The molecule has 0 radical (unpaired) electrons. The van der Waals surface area contributed by atoms with E-state index >= 15 is 0 Å². The molecule has 3 aromatic rings. The van der Waals surface area contributed by atoms with Gasteiger partial charge < -0.3 is 19.3 Å². The Morgan fingerprint density at radius 2 is 1.53 bits per heavy atom. The Hall–Kier alpha value is -3.68. The minimum absolute atomic E-state index is 0.123. The predicted octanol–water partition coefficient (Wildman–Crippen LogP) is 1.75. The Labute approximate surface area is 173 Å². The van der Waals surface area contributed by atoms with Crippen molar-refractivity contribution in [1.29, 1.82) is 0 Å². The molecule has 5 rings (SSSR count). The fraction of sp³-hybridized carbons (Fsp3) is 0.273. The van der Waals surface area contributed by atoms with E-state index < -0.39 is 6.10 Å². The van der Waals surface area contributed by atoms with E-state index in [1.165, 1.54) is 6.20 Å². The molecule has 1 unspecified atom stereocenters. The van der Waals surface area contributed by atoms with Crippen molar-refractivity contribution in [1.82, 2.24) is 19.8 Å². The Morgan fingerprint density at radius 3 is 2.33 bits per heavy atom. The van der Waals surface area contributed by atoms with Crippen molar-refractivity contribution in [2.75, 3.05) is 32.8 Å². The number of benzene rings is 2. The van der Waals surface area contributed by atoms with Crippen LogP contribution < -0.4 is 9.47 Å². The molecule has 2 aliphatic heterocycles. The average Bonchev–Trinajstić information content (AvgIpc) is 2.82. The predicted molar refractivity (Wildman–Crippen MR) is 108 cm³/mol. The molecule has 1 atom stereocenters. The van der Waals surface area contributed by atoms with Gasteiger partial charge in [0, 0.05) is 26.2 Å². The van der Waals surface area contributed by atoms with Crippen molar-refractivity contribution in [3.63, 3.8) is 0 Å². The fourth-order valence-corrected chi connectivity index (χ4v) is 3.70. The first-order valence-electron chi connectivity index (χ1n) is 9.87. The maximum absolute atomic E-state index is 12.9. The van der Waals surface area contributed by atoms with Crippen molar-refractivity contribution in [3.8, 4) is 11.5 Å². The van der Waals surface area contributed by atoms with Gasteiger partial charge >= 0.3 is 0 Å². The van der Waals surface area contributed by atoms with Crippen LogP contribution in [-0.2, 0) is 4.79 Å². The minimum atomic E-state index is -0.673. The Morgan fingerprint density at radius 1 is 0.867 bits per heavy atom. The maximum atomic E-state index is 12.9. The number of piperazine rings is 1. The molecule has 2 aliphatic rings. The molecule has 0 N–H and O–H groups in total. The highest BCUT2D eigenvalue weighted by molar-refractivity contribution is 5.94. The summed E-state index contributed by atoms with van der Waals surface area (Å²) in [5, 5.41) is 0. The first-order valence-corrected chi connectivity index (χ1v) is 9.87. The zero-order valence-corrected chi connectivity index (χ0v) is 16.2.